The molecule has 4 N–H and O–H groups in total. The van der Waals surface area contributed by atoms with Gasteiger partial charge in [-0.25, -0.2) is 9.67 Å². The average molecular weight is 320 g/mol. The zero-order valence-corrected chi connectivity index (χ0v) is 12.4. The van der Waals surface area contributed by atoms with Crippen molar-refractivity contribution in [1.82, 2.24) is 14.8 Å². The third-order valence-electron chi connectivity index (χ3n) is 2.88. The maximum absolute atomic E-state index is 11.5. The van der Waals surface area contributed by atoms with E-state index >= 15 is 0 Å². The molecule has 1 unspecified atom stereocenters. The Hall–Kier alpha value is -1.32. The highest BCUT2D eigenvalue weighted by molar-refractivity contribution is 7.57. The second-order valence-electron chi connectivity index (χ2n) is 5.01. The van der Waals surface area contributed by atoms with Gasteiger partial charge in [0.15, 0.2) is 13.6 Å². The SMILES string of the molecule is CP(C)(=O)OC[C@H]1OC(n2cnc(C(N)=O)n2)[C@H](O)[C@@H]1O. The molecule has 0 radical (unpaired) electrons. The Kier molecular flexibility index (Phi) is 4.45. The molecule has 1 saturated heterocycles. The zero-order chi connectivity index (χ0) is 15.8. The smallest absolute Gasteiger partial charge is 0.288 e. The van der Waals surface area contributed by atoms with Crippen LogP contribution in [0.15, 0.2) is 6.33 Å². The van der Waals surface area contributed by atoms with Crippen LogP contribution in [0.5, 0.6) is 0 Å². The Bertz CT molecular complexity index is 572. The topological polar surface area (TPSA) is 150 Å². The van der Waals surface area contributed by atoms with E-state index in [1.807, 2.05) is 0 Å². The molecule has 1 aliphatic heterocycles. The minimum atomic E-state index is -2.73. The minimum Gasteiger partial charge on any atom is -0.387 e. The second kappa shape index (κ2) is 5.82. The first-order valence-electron chi connectivity index (χ1n) is 6.11. The fourth-order valence-electron chi connectivity index (χ4n) is 1.85. The lowest BCUT2D eigenvalue weighted by Crippen LogP contribution is -2.33. The molecule has 2 heterocycles. The number of nitrogens with zero attached hydrogens (tertiary/aromatic N) is 3. The van der Waals surface area contributed by atoms with Crippen LogP contribution >= 0.6 is 7.37 Å². The number of hydrogen-bond donors (Lipinski definition) is 3. The van der Waals surface area contributed by atoms with Crippen molar-refractivity contribution < 1.29 is 28.8 Å². The zero-order valence-electron chi connectivity index (χ0n) is 11.5. The summed E-state index contributed by atoms with van der Waals surface area (Å²) in [6, 6.07) is 0. The van der Waals surface area contributed by atoms with Gasteiger partial charge < -0.3 is 25.2 Å². The predicted molar refractivity (Wildman–Crippen MR) is 69.9 cm³/mol. The van der Waals surface area contributed by atoms with Crippen LogP contribution in [0.1, 0.15) is 16.8 Å². The van der Waals surface area contributed by atoms with E-state index in [0.717, 1.165) is 11.0 Å². The summed E-state index contributed by atoms with van der Waals surface area (Å²) in [7, 11) is -2.73. The van der Waals surface area contributed by atoms with Gasteiger partial charge in [-0.3, -0.25) is 9.36 Å². The van der Waals surface area contributed by atoms with E-state index in [-0.39, 0.29) is 12.4 Å². The molecule has 1 fully saturated rings. The molecule has 1 aliphatic rings. The number of primary amides is 1. The Labute approximate surface area is 120 Å². The van der Waals surface area contributed by atoms with Crippen LogP contribution in [-0.4, -0.2) is 69.1 Å². The highest BCUT2D eigenvalue weighted by atomic mass is 31.2. The lowest BCUT2D eigenvalue weighted by atomic mass is 10.1. The molecule has 1 amide bonds. The van der Waals surface area contributed by atoms with Gasteiger partial charge in [0, 0.05) is 13.3 Å². The van der Waals surface area contributed by atoms with Gasteiger partial charge in [0.1, 0.15) is 24.6 Å². The summed E-state index contributed by atoms with van der Waals surface area (Å²) in [5, 5.41) is 23.6. The van der Waals surface area contributed by atoms with Crippen molar-refractivity contribution in [3.05, 3.63) is 12.2 Å². The molecule has 0 bridgehead atoms. The summed E-state index contributed by atoms with van der Waals surface area (Å²) in [5.74, 6) is -1.05. The minimum absolute atomic E-state index is 0.142. The number of aliphatic hydroxyl groups excluding tert-OH is 2. The van der Waals surface area contributed by atoms with Crippen molar-refractivity contribution in [3.8, 4) is 0 Å². The van der Waals surface area contributed by atoms with Crippen molar-refractivity contribution in [2.45, 2.75) is 24.5 Å². The molecular weight excluding hydrogens is 303 g/mol. The molecule has 1 aromatic heterocycles. The first-order valence-corrected chi connectivity index (χ1v) is 8.63. The fraction of sp³-hybridized carbons (Fsp3) is 0.700. The van der Waals surface area contributed by atoms with Gasteiger partial charge in [0.2, 0.25) is 5.82 Å². The van der Waals surface area contributed by atoms with E-state index in [0.29, 0.717) is 0 Å². The lowest BCUT2D eigenvalue weighted by molar-refractivity contribution is -0.0552. The average Bonchev–Trinajstić information content (AvgIpc) is 2.94. The molecule has 0 aliphatic carbocycles. The summed E-state index contributed by atoms with van der Waals surface area (Å²) < 4.78 is 23.1. The van der Waals surface area contributed by atoms with Crippen LogP contribution < -0.4 is 5.73 Å². The highest BCUT2D eigenvalue weighted by Crippen LogP contribution is 2.39. The summed E-state index contributed by atoms with van der Waals surface area (Å²) in [6.45, 7) is 2.72. The van der Waals surface area contributed by atoms with Gasteiger partial charge >= 0.3 is 0 Å². The number of aromatic nitrogens is 3. The van der Waals surface area contributed by atoms with E-state index in [1.165, 1.54) is 13.3 Å². The molecule has 118 valence electrons. The van der Waals surface area contributed by atoms with E-state index in [9.17, 15) is 19.6 Å². The highest BCUT2D eigenvalue weighted by Gasteiger charge is 2.44. The monoisotopic (exact) mass is 320 g/mol. The summed E-state index contributed by atoms with van der Waals surface area (Å²) in [5.41, 5.74) is 5.03. The molecule has 2 rings (SSSR count). The van der Waals surface area contributed by atoms with Gasteiger partial charge in [-0.2, -0.15) is 0 Å². The van der Waals surface area contributed by atoms with Crippen molar-refractivity contribution in [1.29, 1.82) is 0 Å². The summed E-state index contributed by atoms with van der Waals surface area (Å²) >= 11 is 0. The number of rotatable bonds is 5. The maximum Gasteiger partial charge on any atom is 0.288 e. The fourth-order valence-corrected chi connectivity index (χ4v) is 2.35. The van der Waals surface area contributed by atoms with Gasteiger partial charge in [-0.1, -0.05) is 0 Å². The van der Waals surface area contributed by atoms with Crippen LogP contribution in [-0.2, 0) is 13.8 Å². The van der Waals surface area contributed by atoms with Gasteiger partial charge in [0.05, 0.1) is 6.61 Å². The van der Waals surface area contributed by atoms with Crippen LogP contribution in [0.4, 0.5) is 0 Å². The number of amides is 1. The second-order valence-corrected chi connectivity index (χ2v) is 7.77. The molecule has 0 aromatic carbocycles. The first kappa shape index (κ1) is 16.1. The third-order valence-corrected chi connectivity index (χ3v) is 3.65. The normalized spacial score (nSPS) is 29.7. The Morgan fingerprint density at radius 3 is 2.71 bits per heavy atom. The van der Waals surface area contributed by atoms with Gasteiger partial charge in [0.25, 0.3) is 5.91 Å². The third kappa shape index (κ3) is 3.66. The Morgan fingerprint density at radius 2 is 2.19 bits per heavy atom. The quantitative estimate of drug-likeness (QED) is 0.558. The number of aliphatic hydroxyl groups is 2. The Balaban J connectivity index is 2.08. The number of ether oxygens (including phenoxy) is 1. The largest absolute Gasteiger partial charge is 0.387 e. The molecule has 0 spiro atoms. The molecule has 11 heteroatoms. The number of carbonyl (C=O) groups is 1. The lowest BCUT2D eigenvalue weighted by Gasteiger charge is -2.16. The van der Waals surface area contributed by atoms with Gasteiger partial charge in [-0.05, 0) is 0 Å². The molecule has 21 heavy (non-hydrogen) atoms. The number of hydrogen-bond acceptors (Lipinski definition) is 8. The van der Waals surface area contributed by atoms with E-state index in [4.69, 9.17) is 15.0 Å². The summed E-state index contributed by atoms with van der Waals surface area (Å²) in [6.07, 6.45) is -3.30. The predicted octanol–water partition coefficient (Wildman–Crippen LogP) is -1.45. The van der Waals surface area contributed by atoms with Crippen molar-refractivity contribution >= 4 is 13.3 Å². The summed E-state index contributed by atoms with van der Waals surface area (Å²) in [4.78, 5) is 14.6. The van der Waals surface area contributed by atoms with Crippen LogP contribution in [0.2, 0.25) is 0 Å². The van der Waals surface area contributed by atoms with E-state index < -0.39 is 37.8 Å². The van der Waals surface area contributed by atoms with E-state index in [2.05, 4.69) is 10.1 Å². The number of nitrogens with two attached hydrogens (primary N) is 1. The maximum atomic E-state index is 11.5. The van der Waals surface area contributed by atoms with Crippen LogP contribution in [0, 0.1) is 0 Å². The number of carbonyl (C=O) groups excluding carboxylic acids is 1. The van der Waals surface area contributed by atoms with Gasteiger partial charge in [-0.15, -0.1) is 5.10 Å². The van der Waals surface area contributed by atoms with Crippen molar-refractivity contribution in [2.75, 3.05) is 19.9 Å². The molecule has 1 aromatic rings. The first-order chi connectivity index (χ1) is 9.69. The van der Waals surface area contributed by atoms with Crippen molar-refractivity contribution in [2.24, 2.45) is 5.73 Å². The molecular formula is C10H17N4O6P. The Morgan fingerprint density at radius 1 is 1.52 bits per heavy atom. The molecule has 10 nitrogen and oxygen atoms in total. The van der Waals surface area contributed by atoms with Crippen LogP contribution in [0.25, 0.3) is 0 Å². The van der Waals surface area contributed by atoms with Crippen molar-refractivity contribution in [3.63, 3.8) is 0 Å². The van der Waals surface area contributed by atoms with Crippen LogP contribution in [0.3, 0.4) is 0 Å². The van der Waals surface area contributed by atoms with E-state index in [1.54, 1.807) is 0 Å². The molecule has 4 atom stereocenters. The standard InChI is InChI=1S/C10H17N4O6P/c1-21(2,18)19-3-5-6(15)7(16)10(20-5)14-4-12-9(13-14)8(11)17/h4-7,10,15-16H,3H2,1-2H3,(H2,11,17)/t5-,6-,7-,10?/m1/s1. The molecule has 0 saturated carbocycles.